The third kappa shape index (κ3) is 5.88. The molecule has 1 amide bonds. The fourth-order valence-electron chi connectivity index (χ4n) is 6.62. The average molecular weight is 530 g/mol. The number of likely N-dealkylation sites (tertiary alicyclic amines) is 2. The van der Waals surface area contributed by atoms with Gasteiger partial charge in [-0.15, -0.1) is 0 Å². The summed E-state index contributed by atoms with van der Waals surface area (Å²) in [5, 5.41) is 26.3. The molecule has 2 aliphatic heterocycles. The number of nitrogens with zero attached hydrogens (tertiary/aromatic N) is 5. The third-order valence-electron chi connectivity index (χ3n) is 9.05. The molecule has 3 heterocycles. The maximum atomic E-state index is 11.6. The van der Waals surface area contributed by atoms with Crippen LogP contribution in [-0.4, -0.2) is 88.8 Å². The number of carboxylic acid groups (broad SMARTS) is 1. The van der Waals surface area contributed by atoms with Gasteiger partial charge in [-0.05, 0) is 62.7 Å². The number of fused-ring (bicyclic) bond motifs is 1. The van der Waals surface area contributed by atoms with Crippen LogP contribution >= 0.6 is 0 Å². The van der Waals surface area contributed by atoms with Crippen LogP contribution < -0.4 is 4.74 Å². The monoisotopic (exact) mass is 529 g/mol. The van der Waals surface area contributed by atoms with Gasteiger partial charge in [0.25, 0.3) is 0 Å². The fraction of sp³-hybridized carbons (Fsp3) is 0.704. The number of nitro benzene ring substituents is 1. The van der Waals surface area contributed by atoms with Crippen LogP contribution in [0.4, 0.5) is 10.5 Å². The van der Waals surface area contributed by atoms with Crippen molar-refractivity contribution in [3.63, 3.8) is 0 Å². The first-order valence-corrected chi connectivity index (χ1v) is 13.8. The molecule has 1 saturated carbocycles. The van der Waals surface area contributed by atoms with Crippen molar-refractivity contribution in [3.8, 4) is 5.75 Å². The van der Waals surface area contributed by atoms with Crippen molar-refractivity contribution in [1.82, 2.24) is 19.6 Å². The molecule has 1 aliphatic carbocycles. The van der Waals surface area contributed by atoms with Crippen molar-refractivity contribution in [2.24, 2.45) is 11.3 Å². The van der Waals surface area contributed by atoms with Gasteiger partial charge in [0.05, 0.1) is 23.1 Å². The third-order valence-corrected chi connectivity index (χ3v) is 9.05. The lowest BCUT2D eigenvalue weighted by molar-refractivity contribution is -0.385. The number of rotatable bonds is 8. The van der Waals surface area contributed by atoms with Gasteiger partial charge in [-0.3, -0.25) is 14.8 Å². The second kappa shape index (κ2) is 11.4. The van der Waals surface area contributed by atoms with Crippen LogP contribution in [0.25, 0.3) is 10.9 Å². The van der Waals surface area contributed by atoms with Crippen LogP contribution in [0.2, 0.25) is 0 Å². The van der Waals surface area contributed by atoms with E-state index in [9.17, 15) is 20.0 Å². The van der Waals surface area contributed by atoms with Gasteiger partial charge in [0, 0.05) is 63.5 Å². The summed E-state index contributed by atoms with van der Waals surface area (Å²) in [7, 11) is 1.56. The second-order valence-electron chi connectivity index (χ2n) is 11.3. The summed E-state index contributed by atoms with van der Waals surface area (Å²) in [5.74, 6) is 0.945. The SMILES string of the molecule is COCCOc1cc2nn(C3CCN(CC4CCC5(CC4)CCN(C(=O)O)CC5)CC3)cc2cc1[N+](=O)[O-]. The largest absolute Gasteiger partial charge is 0.484 e. The van der Waals surface area contributed by atoms with Crippen LogP contribution in [0.15, 0.2) is 18.3 Å². The molecule has 0 bridgehead atoms. The molecule has 11 heteroatoms. The van der Waals surface area contributed by atoms with E-state index in [1.165, 1.54) is 25.7 Å². The van der Waals surface area contributed by atoms with Gasteiger partial charge in [-0.25, -0.2) is 4.79 Å². The molecule has 0 atom stereocenters. The van der Waals surface area contributed by atoms with Gasteiger partial charge >= 0.3 is 11.8 Å². The van der Waals surface area contributed by atoms with E-state index in [0.717, 1.165) is 56.6 Å². The maximum absolute atomic E-state index is 11.6. The highest BCUT2D eigenvalue weighted by Crippen LogP contribution is 2.46. The first-order valence-electron chi connectivity index (χ1n) is 13.8. The Hall–Kier alpha value is -2.92. The van der Waals surface area contributed by atoms with Gasteiger partial charge in [-0.2, -0.15) is 5.10 Å². The van der Waals surface area contributed by atoms with E-state index in [2.05, 4.69) is 4.90 Å². The molecule has 2 aromatic rings. The van der Waals surface area contributed by atoms with Gasteiger partial charge in [0.1, 0.15) is 6.61 Å². The zero-order valence-corrected chi connectivity index (χ0v) is 22.2. The molecule has 0 unspecified atom stereocenters. The molecule has 11 nitrogen and oxygen atoms in total. The summed E-state index contributed by atoms with van der Waals surface area (Å²) in [6.07, 6.45) is 10.1. The molecule has 1 aromatic carbocycles. The second-order valence-corrected chi connectivity index (χ2v) is 11.3. The Bertz CT molecular complexity index is 1130. The van der Waals surface area contributed by atoms with Crippen LogP contribution in [0.1, 0.15) is 57.4 Å². The van der Waals surface area contributed by atoms with Crippen molar-refractivity contribution in [1.29, 1.82) is 0 Å². The Morgan fingerprint density at radius 1 is 1.11 bits per heavy atom. The van der Waals surface area contributed by atoms with E-state index in [1.807, 2.05) is 10.9 Å². The zero-order valence-electron chi connectivity index (χ0n) is 22.2. The van der Waals surface area contributed by atoms with Crippen LogP contribution in [-0.2, 0) is 4.74 Å². The Morgan fingerprint density at radius 3 is 2.45 bits per heavy atom. The smallest absolute Gasteiger partial charge is 0.407 e. The minimum atomic E-state index is -0.779. The molecule has 3 aliphatic rings. The van der Waals surface area contributed by atoms with Crippen molar-refractivity contribution in [3.05, 3.63) is 28.4 Å². The Labute approximate surface area is 222 Å². The first kappa shape index (κ1) is 26.7. The van der Waals surface area contributed by atoms with Gasteiger partial charge in [0.2, 0.25) is 0 Å². The molecular formula is C27H39N5O6. The predicted octanol–water partition coefficient (Wildman–Crippen LogP) is 4.56. The van der Waals surface area contributed by atoms with Gasteiger partial charge < -0.3 is 24.4 Å². The standard InChI is InChI=1S/C27H39N5O6/c1-37-14-15-38-25-17-23-21(16-24(25)32(35)36)19-31(28-23)22-4-10-29(11-5-22)18-20-2-6-27(7-3-20)8-12-30(13-9-27)26(33)34/h16-17,19-20,22H,2-15,18H2,1H3,(H,33,34). The molecule has 3 fully saturated rings. The highest BCUT2D eigenvalue weighted by molar-refractivity contribution is 5.83. The van der Waals surface area contributed by atoms with Crippen molar-refractivity contribution in [2.45, 2.75) is 57.4 Å². The van der Waals surface area contributed by atoms with E-state index < -0.39 is 11.0 Å². The van der Waals surface area contributed by atoms with E-state index in [4.69, 9.17) is 14.6 Å². The first-order chi connectivity index (χ1) is 18.4. The summed E-state index contributed by atoms with van der Waals surface area (Å²) in [6.45, 7) is 5.17. The number of hydrogen-bond acceptors (Lipinski definition) is 7. The normalized spacial score (nSPS) is 21.2. The van der Waals surface area contributed by atoms with Gasteiger partial charge in [-0.1, -0.05) is 0 Å². The number of hydrogen-bond donors (Lipinski definition) is 1. The Morgan fingerprint density at radius 2 is 1.82 bits per heavy atom. The van der Waals surface area contributed by atoms with Crippen molar-refractivity contribution < 1.29 is 24.3 Å². The predicted molar refractivity (Wildman–Crippen MR) is 142 cm³/mol. The molecule has 0 radical (unpaired) electrons. The molecule has 38 heavy (non-hydrogen) atoms. The zero-order chi connectivity index (χ0) is 26.7. The summed E-state index contributed by atoms with van der Waals surface area (Å²) in [5.41, 5.74) is 1.02. The molecule has 2 saturated heterocycles. The molecule has 1 aromatic heterocycles. The van der Waals surface area contributed by atoms with E-state index >= 15 is 0 Å². The topological polar surface area (TPSA) is 123 Å². The number of carbonyl (C=O) groups is 1. The van der Waals surface area contributed by atoms with Crippen molar-refractivity contribution in [2.75, 3.05) is 53.0 Å². The number of methoxy groups -OCH3 is 1. The number of ether oxygens (including phenoxy) is 2. The van der Waals surface area contributed by atoms with Crippen LogP contribution in [0, 0.1) is 21.4 Å². The number of piperidine rings is 2. The quantitative estimate of drug-likeness (QED) is 0.300. The molecule has 208 valence electrons. The van der Waals surface area contributed by atoms with Crippen LogP contribution in [0.3, 0.4) is 0 Å². The highest BCUT2D eigenvalue weighted by atomic mass is 16.6. The van der Waals surface area contributed by atoms with E-state index in [1.54, 1.807) is 24.1 Å². The molecule has 5 rings (SSSR count). The molecule has 1 spiro atoms. The Kier molecular flexibility index (Phi) is 8.04. The summed E-state index contributed by atoms with van der Waals surface area (Å²) in [6, 6.07) is 3.50. The Balaban J connectivity index is 1.13. The van der Waals surface area contributed by atoms with Crippen molar-refractivity contribution >= 4 is 22.7 Å². The van der Waals surface area contributed by atoms with E-state index in [-0.39, 0.29) is 24.1 Å². The maximum Gasteiger partial charge on any atom is 0.407 e. The molecule has 1 N–H and O–H groups in total. The lowest BCUT2D eigenvalue weighted by atomic mass is 9.65. The number of amides is 1. The molecular weight excluding hydrogens is 490 g/mol. The fourth-order valence-corrected chi connectivity index (χ4v) is 6.62. The van der Waals surface area contributed by atoms with Gasteiger partial charge in [0.15, 0.2) is 5.75 Å². The minimum Gasteiger partial charge on any atom is -0.484 e. The lowest BCUT2D eigenvalue weighted by Crippen LogP contribution is -2.45. The summed E-state index contributed by atoms with van der Waals surface area (Å²) < 4.78 is 12.6. The summed E-state index contributed by atoms with van der Waals surface area (Å²) in [4.78, 5) is 26.5. The minimum absolute atomic E-state index is 0.0512. The summed E-state index contributed by atoms with van der Waals surface area (Å²) >= 11 is 0. The number of benzene rings is 1. The lowest BCUT2D eigenvalue weighted by Gasteiger charge is -2.46. The average Bonchev–Trinajstić information content (AvgIpc) is 3.33. The highest BCUT2D eigenvalue weighted by Gasteiger charge is 2.39. The van der Waals surface area contributed by atoms with Crippen LogP contribution in [0.5, 0.6) is 5.75 Å². The van der Waals surface area contributed by atoms with E-state index in [0.29, 0.717) is 30.6 Å². The number of aromatic nitrogens is 2. The number of nitro groups is 1.